The Morgan fingerprint density at radius 1 is 1.12 bits per heavy atom. The molecule has 24 heavy (non-hydrogen) atoms. The van der Waals surface area contributed by atoms with Crippen molar-refractivity contribution in [3.63, 3.8) is 0 Å². The molecule has 0 saturated carbocycles. The first-order valence-electron chi connectivity index (χ1n) is 7.46. The largest absolute Gasteiger partial charge is 0.444 e. The molecule has 3 nitrogen and oxygen atoms in total. The highest BCUT2D eigenvalue weighted by atomic mass is 19.4. The van der Waals surface area contributed by atoms with Crippen molar-refractivity contribution in [2.75, 3.05) is 13.1 Å². The fourth-order valence-corrected chi connectivity index (χ4v) is 2.69. The van der Waals surface area contributed by atoms with Gasteiger partial charge in [0.15, 0.2) is 0 Å². The summed E-state index contributed by atoms with van der Waals surface area (Å²) in [5, 5.41) is 0. The minimum atomic E-state index is -4.51. The topological polar surface area (TPSA) is 29.3 Å². The highest BCUT2D eigenvalue weighted by Gasteiger charge is 2.35. The number of rotatable bonds is 3. The van der Waals surface area contributed by atoms with E-state index in [-0.39, 0.29) is 43.9 Å². The molecule has 0 spiro atoms. The third-order valence-corrected chi connectivity index (χ3v) is 3.99. The number of aromatic nitrogens is 1. The molecule has 1 aliphatic rings. The Morgan fingerprint density at radius 2 is 1.79 bits per heavy atom. The summed E-state index contributed by atoms with van der Waals surface area (Å²) in [6.07, 6.45) is -3.69. The molecule has 1 aromatic carbocycles. The zero-order valence-corrected chi connectivity index (χ0v) is 12.6. The zero-order chi connectivity index (χ0) is 17.4. The summed E-state index contributed by atoms with van der Waals surface area (Å²) >= 11 is 0. The molecule has 2 heterocycles. The van der Waals surface area contributed by atoms with E-state index < -0.39 is 17.7 Å². The summed E-state index contributed by atoms with van der Waals surface area (Å²) in [5.74, 6) is -2.77. The van der Waals surface area contributed by atoms with E-state index in [0.717, 1.165) is 6.07 Å². The smallest absolute Gasteiger partial charge is 0.417 e. The molecule has 0 aliphatic carbocycles. The maximum Gasteiger partial charge on any atom is 0.417 e. The van der Waals surface area contributed by atoms with Gasteiger partial charge in [0, 0.05) is 38.0 Å². The maximum atomic E-state index is 13.1. The first-order chi connectivity index (χ1) is 11.2. The van der Waals surface area contributed by atoms with Crippen LogP contribution in [-0.4, -0.2) is 28.9 Å². The minimum absolute atomic E-state index is 0.125. The molecule has 1 aromatic heterocycles. The maximum absolute atomic E-state index is 13.1. The summed E-state index contributed by atoms with van der Waals surface area (Å²) < 4.78 is 70.6. The first-order valence-corrected chi connectivity index (χ1v) is 7.46. The fourth-order valence-electron chi connectivity index (χ4n) is 2.69. The van der Waals surface area contributed by atoms with Crippen molar-refractivity contribution < 1.29 is 26.4 Å². The van der Waals surface area contributed by atoms with Gasteiger partial charge in [-0.3, -0.25) is 4.90 Å². The second-order valence-corrected chi connectivity index (χ2v) is 5.82. The molecular weight excluding hydrogens is 331 g/mol. The highest BCUT2D eigenvalue weighted by Crippen LogP contribution is 2.36. The molecule has 0 radical (unpaired) electrons. The highest BCUT2D eigenvalue weighted by molar-refractivity contribution is 5.59. The van der Waals surface area contributed by atoms with E-state index in [9.17, 15) is 22.0 Å². The molecule has 3 rings (SSSR count). The molecule has 0 N–H and O–H groups in total. The standard InChI is InChI=1S/C16H15F5N2O/c17-15(18)5-7-23(8-6-15)9-11-10-24-14(22-11)12-3-1-2-4-13(12)16(19,20)21/h1-4,10H,5-9H2. The van der Waals surface area contributed by atoms with Gasteiger partial charge >= 0.3 is 6.18 Å². The molecule has 0 bridgehead atoms. The first kappa shape index (κ1) is 16.9. The second-order valence-electron chi connectivity index (χ2n) is 5.82. The number of oxazole rings is 1. The van der Waals surface area contributed by atoms with Gasteiger partial charge in [0.2, 0.25) is 5.89 Å². The lowest BCUT2D eigenvalue weighted by Gasteiger charge is -2.30. The zero-order valence-electron chi connectivity index (χ0n) is 12.6. The summed E-state index contributed by atoms with van der Waals surface area (Å²) in [4.78, 5) is 5.88. The monoisotopic (exact) mass is 346 g/mol. The molecule has 8 heteroatoms. The molecule has 1 aliphatic heterocycles. The van der Waals surface area contributed by atoms with Crippen molar-refractivity contribution in [1.29, 1.82) is 0 Å². The van der Waals surface area contributed by atoms with E-state index in [2.05, 4.69) is 4.98 Å². The molecule has 1 saturated heterocycles. The van der Waals surface area contributed by atoms with E-state index in [1.54, 1.807) is 4.90 Å². The third kappa shape index (κ3) is 3.75. The Morgan fingerprint density at radius 3 is 2.46 bits per heavy atom. The van der Waals surface area contributed by atoms with Crippen LogP contribution in [-0.2, 0) is 12.7 Å². The van der Waals surface area contributed by atoms with Gasteiger partial charge in [0.1, 0.15) is 6.26 Å². The summed E-state index contributed by atoms with van der Waals surface area (Å²) in [7, 11) is 0. The molecular formula is C16H15F5N2O. The van der Waals surface area contributed by atoms with Crippen molar-refractivity contribution in [3.8, 4) is 11.5 Å². The van der Waals surface area contributed by atoms with Gasteiger partial charge in [0.25, 0.3) is 5.92 Å². The summed E-state index contributed by atoms with van der Waals surface area (Å²) in [6.45, 7) is 0.705. The Labute approximate surface area is 135 Å². The lowest BCUT2D eigenvalue weighted by molar-refractivity contribution is -0.137. The number of nitrogens with zero attached hydrogens (tertiary/aromatic N) is 2. The average Bonchev–Trinajstić information content (AvgIpc) is 2.97. The van der Waals surface area contributed by atoms with Crippen molar-refractivity contribution in [2.24, 2.45) is 0 Å². The Balaban J connectivity index is 1.75. The van der Waals surface area contributed by atoms with Gasteiger partial charge in [-0.05, 0) is 12.1 Å². The minimum Gasteiger partial charge on any atom is -0.444 e. The van der Waals surface area contributed by atoms with Crippen molar-refractivity contribution >= 4 is 0 Å². The van der Waals surface area contributed by atoms with Crippen LogP contribution in [0.4, 0.5) is 22.0 Å². The van der Waals surface area contributed by atoms with Gasteiger partial charge < -0.3 is 4.42 Å². The van der Waals surface area contributed by atoms with Gasteiger partial charge in [-0.2, -0.15) is 13.2 Å². The van der Waals surface area contributed by atoms with E-state index in [1.165, 1.54) is 24.5 Å². The van der Waals surface area contributed by atoms with Crippen LogP contribution < -0.4 is 0 Å². The van der Waals surface area contributed by atoms with Gasteiger partial charge in [-0.15, -0.1) is 0 Å². The second kappa shape index (κ2) is 6.16. The number of halogens is 5. The predicted octanol–water partition coefficient (Wildman–Crippen LogP) is 4.59. The van der Waals surface area contributed by atoms with Crippen LogP contribution in [0.2, 0.25) is 0 Å². The van der Waals surface area contributed by atoms with Crippen LogP contribution in [0.15, 0.2) is 34.9 Å². The number of piperidine rings is 1. The third-order valence-electron chi connectivity index (χ3n) is 3.99. The molecule has 2 aromatic rings. The number of benzene rings is 1. The van der Waals surface area contributed by atoms with Crippen molar-refractivity contribution in [1.82, 2.24) is 9.88 Å². The molecule has 0 atom stereocenters. The van der Waals surface area contributed by atoms with Crippen LogP contribution in [0.1, 0.15) is 24.1 Å². The number of alkyl halides is 5. The Kier molecular flexibility index (Phi) is 4.33. The van der Waals surface area contributed by atoms with Crippen molar-refractivity contribution in [2.45, 2.75) is 31.5 Å². The summed E-state index contributed by atoms with van der Waals surface area (Å²) in [5.41, 5.74) is -0.537. The van der Waals surface area contributed by atoms with Crippen LogP contribution >= 0.6 is 0 Å². The van der Waals surface area contributed by atoms with Gasteiger partial charge in [-0.25, -0.2) is 13.8 Å². The predicted molar refractivity (Wildman–Crippen MR) is 76.4 cm³/mol. The molecule has 0 amide bonds. The van der Waals surface area contributed by atoms with Crippen LogP contribution in [0, 0.1) is 0 Å². The molecule has 130 valence electrons. The lowest BCUT2D eigenvalue weighted by Crippen LogP contribution is -2.38. The van der Waals surface area contributed by atoms with Crippen LogP contribution in [0.25, 0.3) is 11.5 Å². The average molecular weight is 346 g/mol. The molecule has 1 fully saturated rings. The fraction of sp³-hybridized carbons (Fsp3) is 0.438. The van der Waals surface area contributed by atoms with E-state index in [1.807, 2.05) is 0 Å². The molecule has 0 unspecified atom stereocenters. The number of likely N-dealkylation sites (tertiary alicyclic amines) is 1. The summed E-state index contributed by atoms with van der Waals surface area (Å²) in [6, 6.07) is 5.02. The van der Waals surface area contributed by atoms with E-state index >= 15 is 0 Å². The quantitative estimate of drug-likeness (QED) is 0.761. The van der Waals surface area contributed by atoms with Crippen LogP contribution in [0.5, 0.6) is 0 Å². The Hall–Kier alpha value is -1.96. The van der Waals surface area contributed by atoms with Crippen LogP contribution in [0.3, 0.4) is 0 Å². The lowest BCUT2D eigenvalue weighted by atomic mass is 10.1. The Bertz CT molecular complexity index is 700. The van der Waals surface area contributed by atoms with Gasteiger partial charge in [0.05, 0.1) is 11.3 Å². The number of hydrogen-bond acceptors (Lipinski definition) is 3. The normalized spacial score (nSPS) is 18.7. The SMILES string of the molecule is FC1(F)CCN(Cc2coc(-c3ccccc3C(F)(F)F)n2)CC1. The number of hydrogen-bond donors (Lipinski definition) is 0. The van der Waals surface area contributed by atoms with E-state index in [4.69, 9.17) is 4.42 Å². The van der Waals surface area contributed by atoms with Crippen molar-refractivity contribution in [3.05, 3.63) is 41.8 Å². The van der Waals surface area contributed by atoms with Gasteiger partial charge in [-0.1, -0.05) is 12.1 Å². The van der Waals surface area contributed by atoms with E-state index in [0.29, 0.717) is 5.69 Å².